The second kappa shape index (κ2) is 10.4. The van der Waals surface area contributed by atoms with Crippen molar-refractivity contribution in [3.05, 3.63) is 45.6 Å². The van der Waals surface area contributed by atoms with Gasteiger partial charge in [0.1, 0.15) is 12.6 Å². The smallest absolute Gasteiger partial charge is 0.303 e. The lowest BCUT2D eigenvalue weighted by atomic mass is 10.1. The fraction of sp³-hybridized carbons (Fsp3) is 0.300. The number of carboxylic acids is 1. The lowest BCUT2D eigenvalue weighted by Gasteiger charge is -2.27. The Kier molecular flexibility index (Phi) is 7.61. The maximum atomic E-state index is 12.7. The summed E-state index contributed by atoms with van der Waals surface area (Å²) in [5.74, 6) is -2.28. The molecule has 1 atom stereocenters. The maximum Gasteiger partial charge on any atom is 0.303 e. The van der Waals surface area contributed by atoms with Gasteiger partial charge in [-0.05, 0) is 42.8 Å². The number of thiophene rings is 1. The molecule has 1 aromatic carbocycles. The van der Waals surface area contributed by atoms with E-state index in [1.807, 2.05) is 0 Å². The van der Waals surface area contributed by atoms with Crippen LogP contribution in [0.5, 0.6) is 0 Å². The molecule has 1 aliphatic rings. The first-order valence-corrected chi connectivity index (χ1v) is 10.6. The zero-order chi connectivity index (χ0) is 22.4. The Labute approximate surface area is 186 Å². The molecule has 3 amide bonds. The molecular weight excluding hydrogens is 446 g/mol. The summed E-state index contributed by atoms with van der Waals surface area (Å²) in [4.78, 5) is 49.9. The van der Waals surface area contributed by atoms with E-state index in [1.165, 1.54) is 6.07 Å². The quantitative estimate of drug-likeness (QED) is 0.549. The third-order valence-electron chi connectivity index (χ3n) is 4.50. The molecule has 2 aromatic rings. The number of ether oxygens (including phenoxy) is 1. The monoisotopic (exact) mass is 465 g/mol. The topological polar surface area (TPSA) is 125 Å². The predicted octanol–water partition coefficient (Wildman–Crippen LogP) is 2.37. The summed E-state index contributed by atoms with van der Waals surface area (Å²) in [7, 11) is 0. The summed E-state index contributed by atoms with van der Waals surface area (Å²) in [5, 5.41) is 14.2. The van der Waals surface area contributed by atoms with Crippen LogP contribution in [0.25, 0.3) is 0 Å². The molecule has 0 spiro atoms. The van der Waals surface area contributed by atoms with Crippen LogP contribution in [0.2, 0.25) is 4.34 Å². The molecule has 11 heteroatoms. The van der Waals surface area contributed by atoms with Gasteiger partial charge in [-0.3, -0.25) is 19.2 Å². The van der Waals surface area contributed by atoms with Gasteiger partial charge in [-0.25, -0.2) is 0 Å². The van der Waals surface area contributed by atoms with Crippen LogP contribution >= 0.6 is 22.9 Å². The number of halogens is 1. The average molecular weight is 466 g/mol. The van der Waals surface area contributed by atoms with Gasteiger partial charge in [-0.2, -0.15) is 0 Å². The minimum absolute atomic E-state index is 0.0267. The number of benzene rings is 1. The van der Waals surface area contributed by atoms with Crippen molar-refractivity contribution >= 4 is 58.0 Å². The van der Waals surface area contributed by atoms with E-state index >= 15 is 0 Å². The highest BCUT2D eigenvalue weighted by Gasteiger charge is 2.24. The molecule has 2 heterocycles. The van der Waals surface area contributed by atoms with E-state index in [2.05, 4.69) is 10.6 Å². The van der Waals surface area contributed by atoms with Crippen LogP contribution in [-0.2, 0) is 19.1 Å². The second-order valence-electron chi connectivity index (χ2n) is 6.70. The molecule has 3 N–H and O–H groups in total. The molecule has 1 fully saturated rings. The van der Waals surface area contributed by atoms with Crippen molar-refractivity contribution in [3.63, 3.8) is 0 Å². The first kappa shape index (κ1) is 22.7. The van der Waals surface area contributed by atoms with Gasteiger partial charge in [0.25, 0.3) is 11.8 Å². The standard InChI is InChI=1S/C20H20ClN3O6S/c21-16-7-6-15(31-16)20(29)23-14(5-8-18(26)27)19(28)22-12-1-3-13(4-2-12)24-9-10-30-11-17(24)25/h1-4,6-7,14H,5,8-11H2,(H,22,28)(H,23,29)(H,26,27)/t14-/m1/s1. The number of nitrogens with zero attached hydrogens (tertiary/aromatic N) is 1. The molecule has 0 radical (unpaired) electrons. The lowest BCUT2D eigenvalue weighted by molar-refractivity contribution is -0.137. The van der Waals surface area contributed by atoms with Gasteiger partial charge < -0.3 is 25.4 Å². The van der Waals surface area contributed by atoms with Crippen molar-refractivity contribution in [1.29, 1.82) is 0 Å². The fourth-order valence-electron chi connectivity index (χ4n) is 2.95. The largest absolute Gasteiger partial charge is 0.481 e. The van der Waals surface area contributed by atoms with E-state index in [1.54, 1.807) is 35.2 Å². The van der Waals surface area contributed by atoms with Crippen molar-refractivity contribution in [2.24, 2.45) is 0 Å². The minimum atomic E-state index is -1.08. The Morgan fingerprint density at radius 3 is 2.55 bits per heavy atom. The normalized spacial score (nSPS) is 14.7. The number of rotatable bonds is 8. The molecule has 164 valence electrons. The zero-order valence-corrected chi connectivity index (χ0v) is 17.9. The van der Waals surface area contributed by atoms with Crippen molar-refractivity contribution in [2.45, 2.75) is 18.9 Å². The van der Waals surface area contributed by atoms with E-state index in [9.17, 15) is 19.2 Å². The average Bonchev–Trinajstić information content (AvgIpc) is 3.18. The highest BCUT2D eigenvalue weighted by atomic mass is 35.5. The number of carbonyl (C=O) groups excluding carboxylic acids is 3. The van der Waals surface area contributed by atoms with Crippen molar-refractivity contribution in [2.75, 3.05) is 30.0 Å². The number of carboxylic acid groups (broad SMARTS) is 1. The second-order valence-corrected chi connectivity index (χ2v) is 8.41. The third kappa shape index (κ3) is 6.27. The lowest BCUT2D eigenvalue weighted by Crippen LogP contribution is -2.44. The number of anilines is 2. The highest BCUT2D eigenvalue weighted by Crippen LogP contribution is 2.22. The number of amides is 3. The van der Waals surface area contributed by atoms with E-state index in [4.69, 9.17) is 21.4 Å². The van der Waals surface area contributed by atoms with Crippen LogP contribution in [0.4, 0.5) is 11.4 Å². The molecule has 3 rings (SSSR count). The minimum Gasteiger partial charge on any atom is -0.481 e. The van der Waals surface area contributed by atoms with E-state index in [-0.39, 0.29) is 25.4 Å². The number of carbonyl (C=O) groups is 4. The summed E-state index contributed by atoms with van der Waals surface area (Å²) in [6.45, 7) is 0.921. The van der Waals surface area contributed by atoms with Crippen LogP contribution in [0.1, 0.15) is 22.5 Å². The number of morpholine rings is 1. The summed E-state index contributed by atoms with van der Waals surface area (Å²) in [6, 6.07) is 8.68. The maximum absolute atomic E-state index is 12.7. The van der Waals surface area contributed by atoms with Gasteiger partial charge in [0, 0.05) is 24.3 Å². The molecule has 9 nitrogen and oxygen atoms in total. The van der Waals surface area contributed by atoms with Gasteiger partial charge in [0.15, 0.2) is 0 Å². The van der Waals surface area contributed by atoms with E-state index < -0.39 is 23.8 Å². The molecule has 1 aliphatic heterocycles. The Morgan fingerprint density at radius 1 is 1.19 bits per heavy atom. The van der Waals surface area contributed by atoms with Crippen LogP contribution in [0, 0.1) is 0 Å². The Hall–Kier alpha value is -2.95. The Balaban J connectivity index is 1.66. The van der Waals surface area contributed by atoms with Crippen LogP contribution < -0.4 is 15.5 Å². The number of hydrogen-bond acceptors (Lipinski definition) is 6. The number of hydrogen-bond donors (Lipinski definition) is 3. The van der Waals surface area contributed by atoms with Gasteiger partial charge >= 0.3 is 5.97 Å². The van der Waals surface area contributed by atoms with E-state index in [0.29, 0.717) is 33.7 Å². The number of nitrogens with one attached hydrogen (secondary N) is 2. The van der Waals surface area contributed by atoms with Crippen LogP contribution in [0.3, 0.4) is 0 Å². The molecule has 31 heavy (non-hydrogen) atoms. The Bertz CT molecular complexity index is 978. The molecule has 1 saturated heterocycles. The molecule has 1 aromatic heterocycles. The highest BCUT2D eigenvalue weighted by molar-refractivity contribution is 7.18. The molecular formula is C20H20ClN3O6S. The SMILES string of the molecule is O=C(O)CC[C@@H](NC(=O)c1ccc(Cl)s1)C(=O)Nc1ccc(N2CCOCC2=O)cc1. The summed E-state index contributed by atoms with van der Waals surface area (Å²) < 4.78 is 5.54. The van der Waals surface area contributed by atoms with Crippen molar-refractivity contribution in [3.8, 4) is 0 Å². The molecule has 0 bridgehead atoms. The first-order valence-electron chi connectivity index (χ1n) is 9.40. The molecule has 0 unspecified atom stereocenters. The van der Waals surface area contributed by atoms with Gasteiger partial charge in [0.05, 0.1) is 15.8 Å². The predicted molar refractivity (Wildman–Crippen MR) is 116 cm³/mol. The van der Waals surface area contributed by atoms with Gasteiger partial charge in [-0.15, -0.1) is 11.3 Å². The third-order valence-corrected chi connectivity index (χ3v) is 5.73. The van der Waals surface area contributed by atoms with Crippen LogP contribution in [0.15, 0.2) is 36.4 Å². The first-order chi connectivity index (χ1) is 14.8. The summed E-state index contributed by atoms with van der Waals surface area (Å²) in [5.41, 5.74) is 1.12. The summed E-state index contributed by atoms with van der Waals surface area (Å²) in [6.07, 6.45) is -0.367. The van der Waals surface area contributed by atoms with E-state index in [0.717, 1.165) is 11.3 Å². The van der Waals surface area contributed by atoms with Crippen molar-refractivity contribution < 1.29 is 29.0 Å². The van der Waals surface area contributed by atoms with Gasteiger partial charge in [0.2, 0.25) is 5.91 Å². The van der Waals surface area contributed by atoms with Crippen LogP contribution in [-0.4, -0.2) is 54.6 Å². The molecule has 0 saturated carbocycles. The van der Waals surface area contributed by atoms with Crippen molar-refractivity contribution in [1.82, 2.24) is 5.32 Å². The Morgan fingerprint density at radius 2 is 1.94 bits per heavy atom. The summed E-state index contributed by atoms with van der Waals surface area (Å²) >= 11 is 6.90. The number of aliphatic carboxylic acids is 1. The zero-order valence-electron chi connectivity index (χ0n) is 16.3. The fourth-order valence-corrected chi connectivity index (χ4v) is 3.89. The molecule has 0 aliphatic carbocycles. The van der Waals surface area contributed by atoms with Gasteiger partial charge in [-0.1, -0.05) is 11.6 Å².